The normalized spacial score (nSPS) is 10.5. The highest BCUT2D eigenvalue weighted by Crippen LogP contribution is 2.19. The van der Waals surface area contributed by atoms with E-state index in [1.54, 1.807) is 12.1 Å². The van der Waals surface area contributed by atoms with Gasteiger partial charge in [-0.25, -0.2) is 0 Å². The molecule has 0 atom stereocenters. The minimum absolute atomic E-state index is 0.112. The second kappa shape index (κ2) is 6.93. The fourth-order valence-corrected chi connectivity index (χ4v) is 2.05. The highest BCUT2D eigenvalue weighted by molar-refractivity contribution is 6.04. The van der Waals surface area contributed by atoms with Crippen LogP contribution in [-0.4, -0.2) is 12.5 Å². The van der Waals surface area contributed by atoms with E-state index in [1.165, 1.54) is 5.56 Å². The molecule has 0 radical (unpaired) electrons. The number of anilines is 1. The molecule has 2 aromatic rings. The van der Waals surface area contributed by atoms with E-state index in [0.29, 0.717) is 18.1 Å². The van der Waals surface area contributed by atoms with Gasteiger partial charge in [-0.2, -0.15) is 0 Å². The van der Waals surface area contributed by atoms with Gasteiger partial charge in [0.15, 0.2) is 0 Å². The van der Waals surface area contributed by atoms with Crippen molar-refractivity contribution >= 4 is 11.6 Å². The van der Waals surface area contributed by atoms with E-state index in [0.717, 1.165) is 11.4 Å². The predicted octanol–water partition coefficient (Wildman–Crippen LogP) is 4.46. The average Bonchev–Trinajstić information content (AvgIpc) is 2.48. The molecule has 0 bridgehead atoms. The fraction of sp³-hybridized carbons (Fsp3) is 0.278. The van der Waals surface area contributed by atoms with E-state index in [2.05, 4.69) is 25.2 Å². The van der Waals surface area contributed by atoms with Crippen LogP contribution in [0.15, 0.2) is 48.5 Å². The van der Waals surface area contributed by atoms with Gasteiger partial charge in [0.05, 0.1) is 6.61 Å². The Hall–Kier alpha value is -2.29. The van der Waals surface area contributed by atoms with Crippen LogP contribution in [0, 0.1) is 0 Å². The first-order valence-corrected chi connectivity index (χ1v) is 7.24. The van der Waals surface area contributed by atoms with E-state index in [9.17, 15) is 4.79 Å². The van der Waals surface area contributed by atoms with Crippen molar-refractivity contribution in [1.82, 2.24) is 0 Å². The van der Waals surface area contributed by atoms with Crippen LogP contribution in [0.4, 0.5) is 5.69 Å². The molecule has 3 nitrogen and oxygen atoms in total. The summed E-state index contributed by atoms with van der Waals surface area (Å²) in [6, 6.07) is 15.1. The Morgan fingerprint density at radius 3 is 2.48 bits per heavy atom. The molecule has 1 amide bonds. The highest BCUT2D eigenvalue weighted by Gasteiger charge is 2.07. The molecule has 3 heteroatoms. The lowest BCUT2D eigenvalue weighted by Crippen LogP contribution is -2.12. The minimum atomic E-state index is -0.112. The number of hydrogen-bond donors (Lipinski definition) is 1. The number of benzene rings is 2. The summed E-state index contributed by atoms with van der Waals surface area (Å²) in [7, 11) is 0. The number of ether oxygens (including phenoxy) is 1. The SMILES string of the molecule is CCOc1ccc(C(=O)Nc2cccc(C(C)C)c2)cc1. The van der Waals surface area contributed by atoms with Gasteiger partial charge in [-0.05, 0) is 54.8 Å². The summed E-state index contributed by atoms with van der Waals surface area (Å²) in [5.41, 5.74) is 2.65. The lowest BCUT2D eigenvalue weighted by atomic mass is 10.0. The summed E-state index contributed by atoms with van der Waals surface area (Å²) < 4.78 is 5.37. The van der Waals surface area contributed by atoms with Gasteiger partial charge in [0.2, 0.25) is 0 Å². The summed E-state index contributed by atoms with van der Waals surface area (Å²) in [6.45, 7) is 6.82. The summed E-state index contributed by atoms with van der Waals surface area (Å²) in [5.74, 6) is 1.10. The summed E-state index contributed by atoms with van der Waals surface area (Å²) >= 11 is 0. The van der Waals surface area contributed by atoms with Crippen LogP contribution in [0.25, 0.3) is 0 Å². The van der Waals surface area contributed by atoms with Crippen molar-refractivity contribution in [2.75, 3.05) is 11.9 Å². The van der Waals surface area contributed by atoms with Crippen molar-refractivity contribution in [2.24, 2.45) is 0 Å². The molecule has 0 aliphatic rings. The van der Waals surface area contributed by atoms with Crippen LogP contribution in [0.3, 0.4) is 0 Å². The summed E-state index contributed by atoms with van der Waals surface area (Å²) in [4.78, 5) is 12.2. The van der Waals surface area contributed by atoms with Crippen molar-refractivity contribution in [3.63, 3.8) is 0 Å². The summed E-state index contributed by atoms with van der Waals surface area (Å²) in [6.07, 6.45) is 0. The first kappa shape index (κ1) is 15.1. The van der Waals surface area contributed by atoms with Gasteiger partial charge in [-0.3, -0.25) is 4.79 Å². The highest BCUT2D eigenvalue weighted by atomic mass is 16.5. The number of hydrogen-bond acceptors (Lipinski definition) is 2. The number of nitrogens with one attached hydrogen (secondary N) is 1. The van der Waals surface area contributed by atoms with Crippen molar-refractivity contribution in [3.8, 4) is 5.75 Å². The quantitative estimate of drug-likeness (QED) is 0.879. The largest absolute Gasteiger partial charge is 0.494 e. The first-order chi connectivity index (χ1) is 10.1. The third kappa shape index (κ3) is 4.09. The number of carbonyl (C=O) groups excluding carboxylic acids is 1. The standard InChI is InChI=1S/C18H21NO2/c1-4-21-17-10-8-14(9-11-17)18(20)19-16-7-5-6-15(12-16)13(2)3/h5-13H,4H2,1-3H3,(H,19,20). The van der Waals surface area contributed by atoms with Gasteiger partial charge >= 0.3 is 0 Å². The molecule has 0 spiro atoms. The van der Waals surface area contributed by atoms with E-state index >= 15 is 0 Å². The van der Waals surface area contributed by atoms with Gasteiger partial charge < -0.3 is 10.1 Å². The van der Waals surface area contributed by atoms with Gasteiger partial charge in [-0.15, -0.1) is 0 Å². The number of rotatable bonds is 5. The zero-order valence-electron chi connectivity index (χ0n) is 12.7. The Labute approximate surface area is 126 Å². The zero-order valence-corrected chi connectivity index (χ0v) is 12.7. The lowest BCUT2D eigenvalue weighted by molar-refractivity contribution is 0.102. The maximum absolute atomic E-state index is 12.2. The van der Waals surface area contributed by atoms with E-state index < -0.39 is 0 Å². The molecular weight excluding hydrogens is 262 g/mol. The third-order valence-electron chi connectivity index (χ3n) is 3.24. The van der Waals surface area contributed by atoms with Crippen molar-refractivity contribution in [1.29, 1.82) is 0 Å². The molecule has 0 aliphatic heterocycles. The minimum Gasteiger partial charge on any atom is -0.494 e. The smallest absolute Gasteiger partial charge is 0.255 e. The summed E-state index contributed by atoms with van der Waals surface area (Å²) in [5, 5.41) is 2.93. The maximum atomic E-state index is 12.2. The van der Waals surface area contributed by atoms with Crippen LogP contribution in [0.2, 0.25) is 0 Å². The lowest BCUT2D eigenvalue weighted by Gasteiger charge is -2.10. The Morgan fingerprint density at radius 2 is 1.86 bits per heavy atom. The fourth-order valence-electron chi connectivity index (χ4n) is 2.05. The molecule has 0 saturated heterocycles. The molecule has 0 aromatic heterocycles. The van der Waals surface area contributed by atoms with Crippen LogP contribution in [0.1, 0.15) is 42.6 Å². The van der Waals surface area contributed by atoms with E-state index in [-0.39, 0.29) is 5.91 Å². The molecule has 0 saturated carbocycles. The van der Waals surface area contributed by atoms with Crippen LogP contribution < -0.4 is 10.1 Å². The third-order valence-corrected chi connectivity index (χ3v) is 3.24. The van der Waals surface area contributed by atoms with Crippen LogP contribution >= 0.6 is 0 Å². The molecule has 110 valence electrons. The predicted molar refractivity (Wildman–Crippen MR) is 86.1 cm³/mol. The van der Waals surface area contributed by atoms with Crippen LogP contribution in [0.5, 0.6) is 5.75 Å². The topological polar surface area (TPSA) is 38.3 Å². The molecular formula is C18H21NO2. The molecule has 1 N–H and O–H groups in total. The monoisotopic (exact) mass is 283 g/mol. The Kier molecular flexibility index (Phi) is 4.99. The first-order valence-electron chi connectivity index (χ1n) is 7.24. The van der Waals surface area contributed by atoms with E-state index in [4.69, 9.17) is 4.74 Å². The van der Waals surface area contributed by atoms with Crippen molar-refractivity contribution in [2.45, 2.75) is 26.7 Å². The Bertz CT molecular complexity index is 603. The second-order valence-electron chi connectivity index (χ2n) is 5.19. The Balaban J connectivity index is 2.08. The molecule has 2 rings (SSSR count). The molecule has 0 aliphatic carbocycles. The van der Waals surface area contributed by atoms with Gasteiger partial charge in [0.25, 0.3) is 5.91 Å². The number of carbonyl (C=O) groups is 1. The molecule has 0 fully saturated rings. The molecule has 21 heavy (non-hydrogen) atoms. The van der Waals surface area contributed by atoms with Crippen LogP contribution in [-0.2, 0) is 0 Å². The van der Waals surface area contributed by atoms with E-state index in [1.807, 2.05) is 37.3 Å². The zero-order chi connectivity index (χ0) is 15.2. The average molecular weight is 283 g/mol. The van der Waals surface area contributed by atoms with Gasteiger partial charge in [0, 0.05) is 11.3 Å². The molecule has 0 heterocycles. The van der Waals surface area contributed by atoms with Gasteiger partial charge in [0.1, 0.15) is 5.75 Å². The van der Waals surface area contributed by atoms with Gasteiger partial charge in [-0.1, -0.05) is 26.0 Å². The molecule has 0 unspecified atom stereocenters. The second-order valence-corrected chi connectivity index (χ2v) is 5.19. The van der Waals surface area contributed by atoms with Crippen molar-refractivity contribution in [3.05, 3.63) is 59.7 Å². The Morgan fingerprint density at radius 1 is 1.14 bits per heavy atom. The number of amides is 1. The maximum Gasteiger partial charge on any atom is 0.255 e. The molecule has 2 aromatic carbocycles. The van der Waals surface area contributed by atoms with Crippen molar-refractivity contribution < 1.29 is 9.53 Å².